The minimum Gasteiger partial charge on any atom is -0.493 e. The average Bonchev–Trinajstić information content (AvgIpc) is 2.76. The van der Waals surface area contributed by atoms with Crippen LogP contribution in [0.25, 0.3) is 0 Å². The maximum atomic E-state index is 5.79. The minimum absolute atomic E-state index is 0.630. The van der Waals surface area contributed by atoms with Gasteiger partial charge in [0.25, 0.3) is 0 Å². The number of nitrogens with zero attached hydrogens (tertiary/aromatic N) is 2. The fourth-order valence-electron chi connectivity index (χ4n) is 3.49. The van der Waals surface area contributed by atoms with Crippen molar-refractivity contribution in [3.63, 3.8) is 0 Å². The lowest BCUT2D eigenvalue weighted by atomic mass is 10.1. The molecule has 0 saturated heterocycles. The molecular formula is C25H29N3O2S. The van der Waals surface area contributed by atoms with Crippen LogP contribution < -0.4 is 14.8 Å². The van der Waals surface area contributed by atoms with Gasteiger partial charge < -0.3 is 19.7 Å². The van der Waals surface area contributed by atoms with Crippen LogP contribution in [0, 0.1) is 13.8 Å². The predicted molar refractivity (Wildman–Crippen MR) is 130 cm³/mol. The molecule has 0 atom stereocenters. The van der Waals surface area contributed by atoms with E-state index in [1.165, 1.54) is 11.1 Å². The third kappa shape index (κ3) is 6.43. The van der Waals surface area contributed by atoms with Crippen LogP contribution in [0.15, 0.2) is 60.8 Å². The largest absolute Gasteiger partial charge is 0.493 e. The summed E-state index contributed by atoms with van der Waals surface area (Å²) in [4.78, 5) is 6.62. The lowest BCUT2D eigenvalue weighted by molar-refractivity contribution is 0.354. The molecule has 0 amide bonds. The summed E-state index contributed by atoms with van der Waals surface area (Å²) in [7, 11) is 3.29. The number of ether oxygens (including phenoxy) is 2. The Morgan fingerprint density at radius 3 is 2.35 bits per heavy atom. The third-order valence-electron chi connectivity index (χ3n) is 4.96. The summed E-state index contributed by atoms with van der Waals surface area (Å²) in [6, 6.07) is 18.3. The lowest BCUT2D eigenvalue weighted by Gasteiger charge is -2.26. The summed E-state index contributed by atoms with van der Waals surface area (Å²) in [5.41, 5.74) is 5.52. The van der Waals surface area contributed by atoms with Crippen LogP contribution in [0.5, 0.6) is 11.5 Å². The van der Waals surface area contributed by atoms with Crippen molar-refractivity contribution in [1.29, 1.82) is 0 Å². The van der Waals surface area contributed by atoms with Gasteiger partial charge in [-0.1, -0.05) is 18.2 Å². The van der Waals surface area contributed by atoms with Crippen molar-refractivity contribution < 1.29 is 9.47 Å². The van der Waals surface area contributed by atoms with Gasteiger partial charge in [0.2, 0.25) is 0 Å². The topological polar surface area (TPSA) is 46.6 Å². The fraction of sp³-hybridized carbons (Fsp3) is 0.280. The Kier molecular flexibility index (Phi) is 7.84. The number of aryl methyl sites for hydroxylation is 2. The predicted octanol–water partition coefficient (Wildman–Crippen LogP) is 5.16. The average molecular weight is 436 g/mol. The van der Waals surface area contributed by atoms with Crippen LogP contribution in [0.3, 0.4) is 0 Å². The van der Waals surface area contributed by atoms with Gasteiger partial charge in [-0.25, -0.2) is 0 Å². The van der Waals surface area contributed by atoms with Gasteiger partial charge in [-0.2, -0.15) is 0 Å². The molecule has 162 valence electrons. The van der Waals surface area contributed by atoms with Gasteiger partial charge in [0, 0.05) is 18.4 Å². The van der Waals surface area contributed by atoms with Crippen LogP contribution in [0.2, 0.25) is 0 Å². The molecular weight excluding hydrogens is 406 g/mol. The number of pyridine rings is 1. The number of hydrogen-bond donors (Lipinski definition) is 1. The number of hydrogen-bond acceptors (Lipinski definition) is 4. The molecule has 31 heavy (non-hydrogen) atoms. The van der Waals surface area contributed by atoms with E-state index < -0.39 is 0 Å². The molecule has 0 aliphatic heterocycles. The number of methoxy groups -OCH3 is 2. The Bertz CT molecular complexity index is 1000. The Hall–Kier alpha value is -3.12. The van der Waals surface area contributed by atoms with Gasteiger partial charge in [-0.15, -0.1) is 0 Å². The highest BCUT2D eigenvalue weighted by molar-refractivity contribution is 7.80. The minimum atomic E-state index is 0.630. The number of thiocarbonyl (C=S) groups is 1. The second kappa shape index (κ2) is 10.8. The highest BCUT2D eigenvalue weighted by Crippen LogP contribution is 2.28. The number of aromatic nitrogens is 1. The van der Waals surface area contributed by atoms with E-state index in [2.05, 4.69) is 53.3 Å². The highest BCUT2D eigenvalue weighted by atomic mass is 32.1. The van der Waals surface area contributed by atoms with Gasteiger partial charge in [0.15, 0.2) is 16.6 Å². The smallest absolute Gasteiger partial charge is 0.173 e. The van der Waals surface area contributed by atoms with Crippen molar-refractivity contribution in [1.82, 2.24) is 9.88 Å². The summed E-state index contributed by atoms with van der Waals surface area (Å²) in [6.45, 7) is 5.54. The normalized spacial score (nSPS) is 10.5. The first-order valence-electron chi connectivity index (χ1n) is 10.2. The van der Waals surface area contributed by atoms with Gasteiger partial charge in [0.1, 0.15) is 0 Å². The van der Waals surface area contributed by atoms with Crippen LogP contribution >= 0.6 is 12.2 Å². The van der Waals surface area contributed by atoms with Crippen LogP contribution in [0.1, 0.15) is 22.4 Å². The first-order chi connectivity index (χ1) is 15.0. The quantitative estimate of drug-likeness (QED) is 0.493. The molecule has 0 unspecified atom stereocenters. The van der Waals surface area contributed by atoms with Crippen molar-refractivity contribution in [2.24, 2.45) is 0 Å². The van der Waals surface area contributed by atoms with Crippen molar-refractivity contribution in [2.45, 2.75) is 26.8 Å². The van der Waals surface area contributed by atoms with E-state index in [1.807, 2.05) is 36.5 Å². The van der Waals surface area contributed by atoms with Crippen molar-refractivity contribution >= 4 is 23.0 Å². The zero-order valence-electron chi connectivity index (χ0n) is 18.5. The number of benzene rings is 2. The van der Waals surface area contributed by atoms with E-state index in [0.29, 0.717) is 11.7 Å². The van der Waals surface area contributed by atoms with Gasteiger partial charge in [-0.05, 0) is 85.6 Å². The molecule has 1 heterocycles. The molecule has 0 radical (unpaired) electrons. The molecule has 0 spiro atoms. The molecule has 0 aliphatic rings. The Labute approximate surface area is 190 Å². The summed E-state index contributed by atoms with van der Waals surface area (Å²) in [5, 5.41) is 4.08. The maximum absolute atomic E-state index is 5.79. The Morgan fingerprint density at radius 2 is 1.71 bits per heavy atom. The zero-order valence-corrected chi connectivity index (χ0v) is 19.3. The second-order valence-corrected chi connectivity index (χ2v) is 7.88. The standard InChI is InChI=1S/C25H29N3O2S/c1-18-13-19(2)15-22(14-18)27-25(31)28(17-21-7-5-6-11-26-21)12-10-20-8-9-23(29-3)24(16-20)30-4/h5-9,11,13-16H,10,12,17H2,1-4H3,(H,27,31). The number of nitrogens with one attached hydrogen (secondary N) is 1. The Balaban J connectivity index is 1.76. The number of rotatable bonds is 8. The van der Waals surface area contributed by atoms with Crippen LogP contribution in [-0.4, -0.2) is 35.8 Å². The third-order valence-corrected chi connectivity index (χ3v) is 5.32. The molecule has 5 nitrogen and oxygen atoms in total. The van der Waals surface area contributed by atoms with Crippen molar-refractivity contribution in [3.05, 3.63) is 83.2 Å². The van der Waals surface area contributed by atoms with Crippen molar-refractivity contribution in [2.75, 3.05) is 26.1 Å². The summed E-state index contributed by atoms with van der Waals surface area (Å²) >= 11 is 5.79. The molecule has 1 N–H and O–H groups in total. The monoisotopic (exact) mass is 435 g/mol. The van der Waals surface area contributed by atoms with E-state index in [1.54, 1.807) is 14.2 Å². The Morgan fingerprint density at radius 1 is 0.968 bits per heavy atom. The second-order valence-electron chi connectivity index (χ2n) is 7.49. The SMILES string of the molecule is COc1ccc(CCN(Cc2ccccn2)C(=S)Nc2cc(C)cc(C)c2)cc1OC. The summed E-state index contributed by atoms with van der Waals surface area (Å²) in [6.07, 6.45) is 2.62. The summed E-state index contributed by atoms with van der Waals surface area (Å²) in [5.74, 6) is 1.45. The van der Waals surface area contributed by atoms with Crippen LogP contribution in [0.4, 0.5) is 5.69 Å². The molecule has 6 heteroatoms. The van der Waals surface area contributed by atoms with Crippen LogP contribution in [-0.2, 0) is 13.0 Å². The van der Waals surface area contributed by atoms with Gasteiger partial charge in [-0.3, -0.25) is 4.98 Å². The molecule has 3 aromatic rings. The van der Waals surface area contributed by atoms with E-state index in [0.717, 1.165) is 41.4 Å². The first-order valence-corrected chi connectivity index (χ1v) is 10.6. The first kappa shape index (κ1) is 22.6. The molecule has 3 rings (SSSR count). The molecule has 2 aromatic carbocycles. The summed E-state index contributed by atoms with van der Waals surface area (Å²) < 4.78 is 10.8. The van der Waals surface area contributed by atoms with Crippen molar-refractivity contribution in [3.8, 4) is 11.5 Å². The van der Waals surface area contributed by atoms with E-state index in [-0.39, 0.29) is 0 Å². The molecule has 0 bridgehead atoms. The number of anilines is 1. The molecule has 1 aromatic heterocycles. The van der Waals surface area contributed by atoms with Gasteiger partial charge >= 0.3 is 0 Å². The van der Waals surface area contributed by atoms with E-state index in [4.69, 9.17) is 21.7 Å². The molecule has 0 fully saturated rings. The maximum Gasteiger partial charge on any atom is 0.173 e. The molecule has 0 saturated carbocycles. The fourth-order valence-corrected chi connectivity index (χ4v) is 3.76. The zero-order chi connectivity index (χ0) is 22.2. The highest BCUT2D eigenvalue weighted by Gasteiger charge is 2.13. The lowest BCUT2D eigenvalue weighted by Crippen LogP contribution is -2.36. The van der Waals surface area contributed by atoms with Gasteiger partial charge in [0.05, 0.1) is 26.5 Å². The molecule has 0 aliphatic carbocycles. The van der Waals surface area contributed by atoms with E-state index in [9.17, 15) is 0 Å². The van der Waals surface area contributed by atoms with E-state index >= 15 is 0 Å².